The van der Waals surface area contributed by atoms with Crippen molar-refractivity contribution in [2.45, 2.75) is 31.2 Å². The van der Waals surface area contributed by atoms with E-state index in [1.165, 1.54) is 10.4 Å². The second kappa shape index (κ2) is 9.47. The lowest BCUT2D eigenvalue weighted by atomic mass is 10.1. The minimum Gasteiger partial charge on any atom is -0.455 e. The number of amides is 1. The fraction of sp³-hybridized carbons (Fsp3) is 0.240. The minimum absolute atomic E-state index is 0.0406. The standard InChI is InChI=1S/C25H25N5O4S/c1-18-23(35(32,33)29-13-5-6-14-29)15-22(34-18)25(31)27-16-20-17-30(21-7-3-2-4-8-21)28-24(20)19-9-11-26-12-10-19/h2-4,7-12,15,17H,5-6,13-14,16H2,1H3,(H,27,31). The van der Waals surface area contributed by atoms with Crippen molar-refractivity contribution in [1.29, 1.82) is 0 Å². The van der Waals surface area contributed by atoms with Gasteiger partial charge < -0.3 is 9.73 Å². The summed E-state index contributed by atoms with van der Waals surface area (Å²) in [7, 11) is -3.68. The summed E-state index contributed by atoms with van der Waals surface area (Å²) in [6.45, 7) is 2.71. The average Bonchev–Trinajstić information content (AvgIpc) is 3.64. The molecule has 4 aromatic rings. The van der Waals surface area contributed by atoms with Crippen LogP contribution in [0.3, 0.4) is 0 Å². The van der Waals surface area contributed by atoms with E-state index in [-0.39, 0.29) is 23.0 Å². The van der Waals surface area contributed by atoms with Gasteiger partial charge in [0.1, 0.15) is 10.7 Å². The van der Waals surface area contributed by atoms with Crippen molar-refractivity contribution in [2.24, 2.45) is 0 Å². The zero-order valence-electron chi connectivity index (χ0n) is 19.2. The number of furan rings is 1. The number of nitrogens with zero attached hydrogens (tertiary/aromatic N) is 4. The summed E-state index contributed by atoms with van der Waals surface area (Å²) in [6, 6.07) is 14.7. The van der Waals surface area contributed by atoms with Gasteiger partial charge in [-0.05, 0) is 44.0 Å². The van der Waals surface area contributed by atoms with E-state index in [2.05, 4.69) is 10.3 Å². The number of aromatic nitrogens is 3. The van der Waals surface area contributed by atoms with Crippen LogP contribution < -0.4 is 5.32 Å². The van der Waals surface area contributed by atoms with E-state index in [0.29, 0.717) is 18.8 Å². The predicted octanol–water partition coefficient (Wildman–Crippen LogP) is 3.55. The smallest absolute Gasteiger partial charge is 0.287 e. The Hall–Kier alpha value is -3.76. The normalized spacial score (nSPS) is 14.3. The maximum absolute atomic E-state index is 12.9. The number of carbonyl (C=O) groups is 1. The summed E-state index contributed by atoms with van der Waals surface area (Å²) in [5.41, 5.74) is 3.26. The second-order valence-electron chi connectivity index (χ2n) is 8.34. The lowest BCUT2D eigenvalue weighted by Crippen LogP contribution is -2.28. The van der Waals surface area contributed by atoms with E-state index in [9.17, 15) is 13.2 Å². The highest BCUT2D eigenvalue weighted by Gasteiger charge is 2.31. The number of nitrogens with one attached hydrogen (secondary N) is 1. The van der Waals surface area contributed by atoms with Crippen molar-refractivity contribution < 1.29 is 17.6 Å². The van der Waals surface area contributed by atoms with Crippen LogP contribution in [0, 0.1) is 6.92 Å². The third kappa shape index (κ3) is 4.62. The fourth-order valence-corrected chi connectivity index (χ4v) is 5.85. The summed E-state index contributed by atoms with van der Waals surface area (Å²) in [5.74, 6) is -0.332. The van der Waals surface area contributed by atoms with Gasteiger partial charge in [-0.3, -0.25) is 9.78 Å². The van der Waals surface area contributed by atoms with Crippen LogP contribution in [0.25, 0.3) is 16.9 Å². The van der Waals surface area contributed by atoms with E-state index < -0.39 is 15.9 Å². The van der Waals surface area contributed by atoms with Gasteiger partial charge in [0.2, 0.25) is 10.0 Å². The monoisotopic (exact) mass is 491 g/mol. The van der Waals surface area contributed by atoms with Gasteiger partial charge in [0.25, 0.3) is 5.91 Å². The maximum Gasteiger partial charge on any atom is 0.287 e. The Labute approximate surface area is 203 Å². The molecule has 4 heterocycles. The first-order valence-corrected chi connectivity index (χ1v) is 12.8. The third-order valence-electron chi connectivity index (χ3n) is 5.98. The molecule has 0 aliphatic carbocycles. The van der Waals surface area contributed by atoms with Gasteiger partial charge in [-0.2, -0.15) is 9.40 Å². The fourth-order valence-electron chi connectivity index (χ4n) is 4.17. The quantitative estimate of drug-likeness (QED) is 0.423. The van der Waals surface area contributed by atoms with Crippen LogP contribution in [0.1, 0.15) is 34.7 Å². The van der Waals surface area contributed by atoms with Crippen LogP contribution >= 0.6 is 0 Å². The highest BCUT2D eigenvalue weighted by atomic mass is 32.2. The number of pyridine rings is 1. The van der Waals surface area contributed by atoms with Crippen LogP contribution in [0.2, 0.25) is 0 Å². The van der Waals surface area contributed by atoms with Gasteiger partial charge in [0, 0.05) is 55.4 Å². The molecule has 1 N–H and O–H groups in total. The summed E-state index contributed by atoms with van der Waals surface area (Å²) in [4.78, 5) is 17.0. The molecule has 0 spiro atoms. The van der Waals surface area contributed by atoms with Crippen molar-refractivity contribution in [3.63, 3.8) is 0 Å². The van der Waals surface area contributed by atoms with Crippen molar-refractivity contribution in [1.82, 2.24) is 24.4 Å². The number of para-hydroxylation sites is 1. The van der Waals surface area contributed by atoms with E-state index in [1.807, 2.05) is 48.7 Å². The van der Waals surface area contributed by atoms with Gasteiger partial charge in [-0.25, -0.2) is 13.1 Å². The molecule has 0 bridgehead atoms. The van der Waals surface area contributed by atoms with Crippen molar-refractivity contribution in [2.75, 3.05) is 13.1 Å². The van der Waals surface area contributed by atoms with E-state index in [4.69, 9.17) is 9.52 Å². The lowest BCUT2D eigenvalue weighted by molar-refractivity contribution is 0.0922. The molecule has 10 heteroatoms. The van der Waals surface area contributed by atoms with Crippen LogP contribution in [0.5, 0.6) is 0 Å². The molecule has 0 radical (unpaired) electrons. The average molecular weight is 492 g/mol. The molecule has 0 unspecified atom stereocenters. The first-order valence-electron chi connectivity index (χ1n) is 11.4. The van der Waals surface area contributed by atoms with E-state index in [1.54, 1.807) is 24.0 Å². The van der Waals surface area contributed by atoms with Crippen LogP contribution in [-0.4, -0.2) is 46.5 Å². The minimum atomic E-state index is -3.68. The zero-order chi connectivity index (χ0) is 24.4. The molecule has 35 heavy (non-hydrogen) atoms. The summed E-state index contributed by atoms with van der Waals surface area (Å²) >= 11 is 0. The molecule has 5 rings (SSSR count). The van der Waals surface area contributed by atoms with Gasteiger partial charge >= 0.3 is 0 Å². The first kappa shape index (κ1) is 23.0. The summed E-state index contributed by atoms with van der Waals surface area (Å²) in [6.07, 6.45) is 6.91. The molecule has 1 aliphatic heterocycles. The molecule has 9 nitrogen and oxygen atoms in total. The largest absolute Gasteiger partial charge is 0.455 e. The van der Waals surface area contributed by atoms with E-state index in [0.717, 1.165) is 29.7 Å². The summed E-state index contributed by atoms with van der Waals surface area (Å²) in [5, 5.41) is 7.57. The molecule has 0 atom stereocenters. The predicted molar refractivity (Wildman–Crippen MR) is 129 cm³/mol. The Morgan fingerprint density at radius 3 is 2.51 bits per heavy atom. The van der Waals surface area contributed by atoms with Gasteiger partial charge in [-0.1, -0.05) is 18.2 Å². The molecule has 180 valence electrons. The molecule has 1 aromatic carbocycles. The Kier molecular flexibility index (Phi) is 6.23. The molecule has 1 fully saturated rings. The van der Waals surface area contributed by atoms with Crippen LogP contribution in [0.15, 0.2) is 76.4 Å². The molecule has 1 aliphatic rings. The van der Waals surface area contributed by atoms with Crippen molar-refractivity contribution in [3.8, 4) is 16.9 Å². The lowest BCUT2D eigenvalue weighted by Gasteiger charge is -2.14. The molecule has 3 aromatic heterocycles. The summed E-state index contributed by atoms with van der Waals surface area (Å²) < 4.78 is 34.6. The molecule has 0 saturated carbocycles. The van der Waals surface area contributed by atoms with Crippen molar-refractivity contribution >= 4 is 15.9 Å². The number of aryl methyl sites for hydroxylation is 1. The van der Waals surface area contributed by atoms with Crippen LogP contribution in [0.4, 0.5) is 0 Å². The van der Waals surface area contributed by atoms with Gasteiger partial charge in [0.05, 0.1) is 11.4 Å². The van der Waals surface area contributed by atoms with Crippen LogP contribution in [-0.2, 0) is 16.6 Å². The molecular weight excluding hydrogens is 466 g/mol. The molecule has 1 amide bonds. The Bertz CT molecular complexity index is 1440. The Balaban J connectivity index is 1.39. The highest BCUT2D eigenvalue weighted by Crippen LogP contribution is 2.27. The molecule has 1 saturated heterocycles. The maximum atomic E-state index is 12.9. The number of rotatable bonds is 7. The Morgan fingerprint density at radius 2 is 1.80 bits per heavy atom. The topological polar surface area (TPSA) is 110 Å². The zero-order valence-corrected chi connectivity index (χ0v) is 20.0. The van der Waals surface area contributed by atoms with E-state index >= 15 is 0 Å². The Morgan fingerprint density at radius 1 is 1.09 bits per heavy atom. The third-order valence-corrected chi connectivity index (χ3v) is 7.99. The number of benzene rings is 1. The van der Waals surface area contributed by atoms with Gasteiger partial charge in [-0.15, -0.1) is 0 Å². The van der Waals surface area contributed by atoms with Crippen molar-refractivity contribution in [3.05, 3.63) is 84.2 Å². The number of hydrogen-bond donors (Lipinski definition) is 1. The SMILES string of the molecule is Cc1oc(C(=O)NCc2cn(-c3ccccc3)nc2-c2ccncc2)cc1S(=O)(=O)N1CCCC1. The number of hydrogen-bond acceptors (Lipinski definition) is 6. The first-order chi connectivity index (χ1) is 16.9. The highest BCUT2D eigenvalue weighted by molar-refractivity contribution is 7.89. The van der Waals surface area contributed by atoms with Gasteiger partial charge in [0.15, 0.2) is 5.76 Å². The number of sulfonamides is 1. The molecular formula is C25H25N5O4S. The second-order valence-corrected chi connectivity index (χ2v) is 10.3. The number of carbonyl (C=O) groups excluding carboxylic acids is 1.